The van der Waals surface area contributed by atoms with Gasteiger partial charge >= 0.3 is 6.03 Å². The molecule has 30 heavy (non-hydrogen) atoms. The highest BCUT2D eigenvalue weighted by Crippen LogP contribution is 2.41. The summed E-state index contributed by atoms with van der Waals surface area (Å²) in [5.41, 5.74) is 1.68. The van der Waals surface area contributed by atoms with Crippen LogP contribution in [-0.2, 0) is 21.5 Å². The number of aromatic nitrogens is 1. The molecule has 154 valence electrons. The molecule has 7 heteroatoms. The number of urea groups is 1. The molecule has 1 aliphatic heterocycles. The highest BCUT2D eigenvalue weighted by atomic mass is 16.2. The van der Waals surface area contributed by atoms with Crippen LogP contribution in [0.25, 0.3) is 0 Å². The van der Waals surface area contributed by atoms with Crippen LogP contribution < -0.4 is 5.32 Å². The Labute approximate surface area is 175 Å². The lowest BCUT2D eigenvalue weighted by Gasteiger charge is -2.30. The Morgan fingerprint density at radius 3 is 2.73 bits per heavy atom. The molecule has 2 heterocycles. The minimum absolute atomic E-state index is 0.136. The molecule has 2 fully saturated rings. The molecule has 7 nitrogen and oxygen atoms in total. The van der Waals surface area contributed by atoms with Gasteiger partial charge in [0, 0.05) is 12.2 Å². The number of fused-ring (bicyclic) bond motifs is 2. The quantitative estimate of drug-likeness (QED) is 0.777. The maximum atomic E-state index is 13.3. The number of imide groups is 1. The van der Waals surface area contributed by atoms with Crippen molar-refractivity contribution in [3.05, 3.63) is 65.5 Å². The Kier molecular flexibility index (Phi) is 4.34. The number of carbonyl (C=O) groups excluding carboxylic acids is 3. The molecule has 2 aromatic rings. The fourth-order valence-corrected chi connectivity index (χ4v) is 4.80. The summed E-state index contributed by atoms with van der Waals surface area (Å²) in [7, 11) is 0. The predicted octanol–water partition coefficient (Wildman–Crippen LogP) is 2.53. The third-order valence-electron chi connectivity index (χ3n) is 6.48. The number of benzene rings is 1. The van der Waals surface area contributed by atoms with Gasteiger partial charge in [-0.25, -0.2) is 4.79 Å². The molecule has 1 N–H and O–H groups in total. The number of pyridine rings is 1. The van der Waals surface area contributed by atoms with E-state index in [-0.39, 0.29) is 30.4 Å². The summed E-state index contributed by atoms with van der Waals surface area (Å²) < 4.78 is 0. The Morgan fingerprint density at radius 2 is 2.00 bits per heavy atom. The monoisotopic (exact) mass is 404 g/mol. The molecule has 0 bridgehead atoms. The Morgan fingerprint density at radius 1 is 1.23 bits per heavy atom. The van der Waals surface area contributed by atoms with Gasteiger partial charge in [-0.15, -0.1) is 0 Å². The molecule has 3 aliphatic rings. The van der Waals surface area contributed by atoms with E-state index in [4.69, 9.17) is 0 Å². The van der Waals surface area contributed by atoms with Crippen molar-refractivity contribution in [2.45, 2.75) is 50.2 Å². The topological polar surface area (TPSA) is 82.6 Å². The second-order valence-electron chi connectivity index (χ2n) is 8.35. The first kappa shape index (κ1) is 18.8. The number of nitrogens with zero attached hydrogens (tertiary/aromatic N) is 3. The minimum Gasteiger partial charge on any atom is -0.330 e. The van der Waals surface area contributed by atoms with Crippen LogP contribution in [0.5, 0.6) is 0 Å². The zero-order valence-corrected chi connectivity index (χ0v) is 16.9. The van der Waals surface area contributed by atoms with Gasteiger partial charge in [0.15, 0.2) is 0 Å². The number of amides is 4. The van der Waals surface area contributed by atoms with Gasteiger partial charge in [0.2, 0.25) is 5.91 Å². The van der Waals surface area contributed by atoms with Gasteiger partial charge < -0.3 is 10.2 Å². The van der Waals surface area contributed by atoms with Crippen LogP contribution in [0.2, 0.25) is 0 Å². The summed E-state index contributed by atoms with van der Waals surface area (Å²) in [5.74, 6) is -0.547. The van der Waals surface area contributed by atoms with Gasteiger partial charge in [-0.2, -0.15) is 0 Å². The fraction of sp³-hybridized carbons (Fsp3) is 0.391. The Bertz CT molecular complexity index is 1020. The van der Waals surface area contributed by atoms with Crippen molar-refractivity contribution < 1.29 is 14.4 Å². The molecule has 5 rings (SSSR count). The summed E-state index contributed by atoms with van der Waals surface area (Å²) in [6.45, 7) is 1.70. The van der Waals surface area contributed by atoms with Crippen LogP contribution >= 0.6 is 0 Å². The number of rotatable bonds is 5. The van der Waals surface area contributed by atoms with Gasteiger partial charge in [0.25, 0.3) is 5.91 Å². The first-order valence-corrected chi connectivity index (χ1v) is 10.5. The largest absolute Gasteiger partial charge is 0.330 e. The van der Waals surface area contributed by atoms with Crippen LogP contribution in [0.4, 0.5) is 4.79 Å². The van der Waals surface area contributed by atoms with E-state index in [1.54, 1.807) is 11.1 Å². The first-order valence-electron chi connectivity index (χ1n) is 10.5. The van der Waals surface area contributed by atoms with E-state index in [9.17, 15) is 14.4 Å². The van der Waals surface area contributed by atoms with E-state index >= 15 is 0 Å². The summed E-state index contributed by atoms with van der Waals surface area (Å²) in [6, 6.07) is 12.8. The summed E-state index contributed by atoms with van der Waals surface area (Å²) >= 11 is 0. The number of nitrogens with one attached hydrogen (secondary N) is 1. The van der Waals surface area contributed by atoms with E-state index in [1.165, 1.54) is 0 Å². The molecule has 1 saturated heterocycles. The highest BCUT2D eigenvalue weighted by Gasteiger charge is 2.56. The molecule has 4 amide bonds. The number of aryl methyl sites for hydroxylation is 1. The highest BCUT2D eigenvalue weighted by molar-refractivity contribution is 6.10. The molecule has 1 aromatic carbocycles. The summed E-state index contributed by atoms with van der Waals surface area (Å²) in [4.78, 5) is 46.6. The van der Waals surface area contributed by atoms with Crippen LogP contribution in [0.3, 0.4) is 0 Å². The second-order valence-corrected chi connectivity index (χ2v) is 8.35. The van der Waals surface area contributed by atoms with Crippen molar-refractivity contribution in [3.8, 4) is 0 Å². The van der Waals surface area contributed by atoms with Crippen molar-refractivity contribution in [1.82, 2.24) is 20.1 Å². The fourth-order valence-electron chi connectivity index (χ4n) is 4.80. The molecule has 2 unspecified atom stereocenters. The molecule has 2 atom stereocenters. The minimum atomic E-state index is -1.04. The Hall–Kier alpha value is -3.22. The molecule has 0 radical (unpaired) electrons. The molecular formula is C23H24N4O3. The summed E-state index contributed by atoms with van der Waals surface area (Å²) in [6.07, 6.45) is 4.83. The van der Waals surface area contributed by atoms with Crippen molar-refractivity contribution in [1.29, 1.82) is 0 Å². The molecular weight excluding hydrogens is 380 g/mol. The van der Waals surface area contributed by atoms with Gasteiger partial charge in [-0.05, 0) is 55.9 Å². The van der Waals surface area contributed by atoms with Gasteiger partial charge in [-0.1, -0.05) is 30.3 Å². The van der Waals surface area contributed by atoms with Crippen molar-refractivity contribution in [2.75, 3.05) is 6.54 Å². The SMILES string of the molecule is CC(c1ccccn1)N(C(=O)CN1C(=O)NC2(CCc3ccccc32)C1=O)C1CC1. The zero-order valence-electron chi connectivity index (χ0n) is 16.9. The number of hydrogen-bond acceptors (Lipinski definition) is 4. The molecule has 1 aromatic heterocycles. The average Bonchev–Trinajstić information content (AvgIpc) is 3.48. The van der Waals surface area contributed by atoms with Crippen molar-refractivity contribution in [3.63, 3.8) is 0 Å². The predicted molar refractivity (Wildman–Crippen MR) is 109 cm³/mol. The normalized spacial score (nSPS) is 23.4. The summed E-state index contributed by atoms with van der Waals surface area (Å²) in [5, 5.41) is 2.89. The Balaban J connectivity index is 1.38. The van der Waals surface area contributed by atoms with E-state index in [2.05, 4.69) is 10.3 Å². The zero-order chi connectivity index (χ0) is 20.9. The van der Waals surface area contributed by atoms with Crippen LogP contribution in [0.15, 0.2) is 48.7 Å². The van der Waals surface area contributed by atoms with E-state index in [0.29, 0.717) is 6.42 Å². The third kappa shape index (κ3) is 2.88. The molecule has 2 aliphatic carbocycles. The van der Waals surface area contributed by atoms with E-state index < -0.39 is 11.6 Å². The van der Waals surface area contributed by atoms with Gasteiger partial charge in [0.1, 0.15) is 12.1 Å². The lowest BCUT2D eigenvalue weighted by molar-refractivity contribution is -0.140. The van der Waals surface area contributed by atoms with Crippen LogP contribution in [-0.4, -0.2) is 45.2 Å². The molecule has 1 saturated carbocycles. The van der Waals surface area contributed by atoms with Crippen molar-refractivity contribution >= 4 is 17.8 Å². The van der Waals surface area contributed by atoms with Crippen LogP contribution in [0, 0.1) is 0 Å². The maximum absolute atomic E-state index is 13.3. The number of hydrogen-bond donors (Lipinski definition) is 1. The standard InChI is InChI=1S/C23H24N4O3/c1-15(19-8-4-5-13-24-19)27(17-9-10-17)20(28)14-26-21(29)23(25-22(26)30)12-11-16-6-2-3-7-18(16)23/h2-8,13,15,17H,9-12,14H2,1H3,(H,25,30). The van der Waals surface area contributed by atoms with Crippen molar-refractivity contribution in [2.24, 2.45) is 0 Å². The lowest BCUT2D eigenvalue weighted by Crippen LogP contribution is -2.46. The smallest absolute Gasteiger partial charge is 0.325 e. The maximum Gasteiger partial charge on any atom is 0.325 e. The van der Waals surface area contributed by atoms with Gasteiger partial charge in [0.05, 0.1) is 11.7 Å². The third-order valence-corrected chi connectivity index (χ3v) is 6.48. The average molecular weight is 404 g/mol. The number of carbonyl (C=O) groups is 3. The van der Waals surface area contributed by atoms with E-state index in [0.717, 1.165) is 41.0 Å². The molecule has 1 spiro atoms. The van der Waals surface area contributed by atoms with E-state index in [1.807, 2.05) is 49.4 Å². The first-order chi connectivity index (χ1) is 14.5. The van der Waals surface area contributed by atoms with Crippen LogP contribution in [0.1, 0.15) is 49.0 Å². The lowest BCUT2D eigenvalue weighted by atomic mass is 9.92. The van der Waals surface area contributed by atoms with Gasteiger partial charge in [-0.3, -0.25) is 19.5 Å². The second kappa shape index (κ2) is 6.93.